The van der Waals surface area contributed by atoms with Crippen molar-refractivity contribution >= 4 is 109 Å². The standard InChI is InChI=1S/C68H100O8S4/c69-77(70)49-33-25-17-9-1-5-13-21-29-37-55-56(38-30-22-14-6-2-10-18-26-34-50-78(71)72)60-46-42-54-44-48-62-58(40-32-24-16-8-4-12-20-28-36-52-80(75)76)57(39-31-23-15-7-3-11-19-27-35-51-79(73)74)61-47-43-53-41-45-59(55)65-63(53)67(61)68(62)64(54)66(60)65/h41-48H,1-40,49-52H2,(H,69,70)(H,71,72)(H,73,74)(H,75,76). The van der Waals surface area contributed by atoms with Crippen molar-refractivity contribution in [3.8, 4) is 0 Å². The molecule has 0 aromatic heterocycles. The van der Waals surface area contributed by atoms with E-state index in [4.69, 9.17) is 18.2 Å². The fourth-order valence-corrected chi connectivity index (χ4v) is 15.5. The number of rotatable bonds is 48. The van der Waals surface area contributed by atoms with E-state index in [9.17, 15) is 16.8 Å². The predicted octanol–water partition coefficient (Wildman–Crippen LogP) is 20.0. The summed E-state index contributed by atoms with van der Waals surface area (Å²) in [6, 6.07) is 19.8. The van der Waals surface area contributed by atoms with E-state index in [0.717, 1.165) is 103 Å². The van der Waals surface area contributed by atoms with Gasteiger partial charge in [-0.1, -0.05) is 228 Å². The molecule has 0 saturated heterocycles. The molecule has 4 unspecified atom stereocenters. The Kier molecular flexibility index (Phi) is 29.4. The molecule has 12 heteroatoms. The Hall–Kier alpha value is -2.68. The molecule has 0 saturated carbocycles. The van der Waals surface area contributed by atoms with Crippen molar-refractivity contribution in [2.45, 2.75) is 257 Å². The van der Waals surface area contributed by atoms with Crippen molar-refractivity contribution in [1.29, 1.82) is 0 Å². The van der Waals surface area contributed by atoms with Gasteiger partial charge in [0.05, 0.1) is 0 Å². The number of hydrogen-bond acceptors (Lipinski definition) is 4. The van der Waals surface area contributed by atoms with Gasteiger partial charge in [-0.15, -0.1) is 0 Å². The average Bonchev–Trinajstić information content (AvgIpc) is 3.46. The Labute approximate surface area is 491 Å². The zero-order valence-electron chi connectivity index (χ0n) is 48.8. The molecule has 0 radical (unpaired) electrons. The Morgan fingerprint density at radius 3 is 0.550 bits per heavy atom. The van der Waals surface area contributed by atoms with Crippen molar-refractivity contribution in [2.75, 3.05) is 23.0 Å². The summed E-state index contributed by atoms with van der Waals surface area (Å²) >= 11 is -6.70. The van der Waals surface area contributed by atoms with Crippen LogP contribution < -0.4 is 0 Å². The molecule has 4 atom stereocenters. The Morgan fingerprint density at radius 1 is 0.212 bits per heavy atom. The summed E-state index contributed by atoms with van der Waals surface area (Å²) in [6.45, 7) is 0. The molecular weight excluding hydrogens is 1070 g/mol. The van der Waals surface area contributed by atoms with Crippen LogP contribution in [0, 0.1) is 0 Å². The van der Waals surface area contributed by atoms with Gasteiger partial charge in [-0.3, -0.25) is 0 Å². The molecule has 0 amide bonds. The van der Waals surface area contributed by atoms with Crippen LogP contribution >= 0.6 is 0 Å². The second kappa shape index (κ2) is 36.2. The van der Waals surface area contributed by atoms with Crippen LogP contribution in [0.2, 0.25) is 0 Å². The maximum absolute atomic E-state index is 11.1. The van der Waals surface area contributed by atoms with E-state index in [1.165, 1.54) is 219 Å². The number of benzene rings is 7. The van der Waals surface area contributed by atoms with Gasteiger partial charge in [0.15, 0.2) is 44.3 Å². The lowest BCUT2D eigenvalue weighted by Gasteiger charge is -2.27. The fourth-order valence-electron chi connectivity index (χ4n) is 13.7. The highest BCUT2D eigenvalue weighted by Gasteiger charge is 2.27. The van der Waals surface area contributed by atoms with Crippen molar-refractivity contribution in [3.63, 3.8) is 0 Å². The first kappa shape index (κ1) is 64.9. The quantitative estimate of drug-likeness (QED) is 0.0128. The van der Waals surface area contributed by atoms with Crippen LogP contribution in [0.25, 0.3) is 64.6 Å². The van der Waals surface area contributed by atoms with Gasteiger partial charge in [-0.25, -0.2) is 16.8 Å². The lowest BCUT2D eigenvalue weighted by atomic mass is 9.76. The minimum absolute atomic E-state index is 0.398. The Bertz CT molecular complexity index is 2580. The van der Waals surface area contributed by atoms with E-state index in [0.29, 0.717) is 23.0 Å². The van der Waals surface area contributed by atoms with E-state index in [1.807, 2.05) is 0 Å². The topological polar surface area (TPSA) is 149 Å². The van der Waals surface area contributed by atoms with Gasteiger partial charge in [0.1, 0.15) is 0 Å². The third kappa shape index (κ3) is 19.7. The maximum atomic E-state index is 11.1. The summed E-state index contributed by atoms with van der Waals surface area (Å²) < 4.78 is 80.8. The molecule has 0 aliphatic carbocycles. The van der Waals surface area contributed by atoms with Crippen LogP contribution in [0.15, 0.2) is 48.5 Å². The van der Waals surface area contributed by atoms with Crippen molar-refractivity contribution in [2.24, 2.45) is 0 Å². The zero-order valence-corrected chi connectivity index (χ0v) is 52.1. The second-order valence-corrected chi connectivity index (χ2v) is 28.1. The molecule has 444 valence electrons. The summed E-state index contributed by atoms with van der Waals surface area (Å²) in [4.78, 5) is 0. The number of hydrogen-bond donors (Lipinski definition) is 4. The highest BCUT2D eigenvalue weighted by molar-refractivity contribution is 7.79. The molecule has 0 bridgehead atoms. The third-order valence-electron chi connectivity index (χ3n) is 17.9. The molecule has 80 heavy (non-hydrogen) atoms. The van der Waals surface area contributed by atoms with Gasteiger partial charge in [-0.2, -0.15) is 0 Å². The van der Waals surface area contributed by atoms with E-state index in [-0.39, 0.29) is 0 Å². The van der Waals surface area contributed by atoms with E-state index < -0.39 is 44.3 Å². The Morgan fingerprint density at radius 2 is 0.375 bits per heavy atom. The molecule has 0 heterocycles. The molecule has 7 aromatic rings. The Balaban J connectivity index is 1.16. The molecule has 0 fully saturated rings. The van der Waals surface area contributed by atoms with Crippen LogP contribution in [0.1, 0.15) is 253 Å². The van der Waals surface area contributed by atoms with Gasteiger partial charge >= 0.3 is 0 Å². The fraction of sp³-hybridized carbons (Fsp3) is 0.647. The first-order chi connectivity index (χ1) is 39.2. The molecular formula is C68H100O8S4. The molecule has 0 spiro atoms. The minimum atomic E-state index is -1.67. The molecule has 7 rings (SSSR count). The van der Waals surface area contributed by atoms with Crippen molar-refractivity contribution in [1.82, 2.24) is 0 Å². The van der Waals surface area contributed by atoms with E-state index >= 15 is 0 Å². The highest BCUT2D eigenvalue weighted by Crippen LogP contribution is 2.52. The summed E-state index contributed by atoms with van der Waals surface area (Å²) in [7, 11) is 0. The lowest BCUT2D eigenvalue weighted by Crippen LogP contribution is -2.05. The average molecular weight is 1170 g/mol. The van der Waals surface area contributed by atoms with Crippen LogP contribution in [0.4, 0.5) is 0 Å². The molecule has 4 N–H and O–H groups in total. The lowest BCUT2D eigenvalue weighted by molar-refractivity contribution is 0.546. The van der Waals surface area contributed by atoms with Crippen LogP contribution in [0.5, 0.6) is 0 Å². The van der Waals surface area contributed by atoms with Crippen molar-refractivity contribution in [3.05, 3.63) is 70.8 Å². The normalized spacial score (nSPS) is 13.9. The third-order valence-corrected chi connectivity index (χ3v) is 20.4. The van der Waals surface area contributed by atoms with Gasteiger partial charge in [0.25, 0.3) is 0 Å². The van der Waals surface area contributed by atoms with Gasteiger partial charge < -0.3 is 18.2 Å². The summed E-state index contributed by atoms with van der Waals surface area (Å²) in [5.41, 5.74) is 6.35. The number of aryl methyl sites for hydroxylation is 4. The number of unbranched alkanes of at least 4 members (excludes halogenated alkanes) is 32. The summed E-state index contributed by atoms with van der Waals surface area (Å²) in [5.74, 6) is 1.59. The zero-order chi connectivity index (χ0) is 56.3. The van der Waals surface area contributed by atoms with Crippen LogP contribution in [-0.4, -0.2) is 58.1 Å². The monoisotopic (exact) mass is 1170 g/mol. The van der Waals surface area contributed by atoms with E-state index in [1.54, 1.807) is 22.3 Å². The summed E-state index contributed by atoms with van der Waals surface area (Å²) in [5, 5.41) is 17.6. The SMILES string of the molecule is O=S(O)CCCCCCCCCCCc1c(CCCCCCCCCCCS(=O)O)c2ccc3ccc4c(CCCCCCCCCCCS(=O)O)c(CCCCCCCCCCCS(=O)O)c5ccc6ccc1c1c6c5c4c3c21. The molecule has 0 aliphatic rings. The van der Waals surface area contributed by atoms with Gasteiger partial charge in [0.2, 0.25) is 0 Å². The maximum Gasteiger partial charge on any atom is 0.152 e. The van der Waals surface area contributed by atoms with Crippen LogP contribution in [-0.2, 0) is 70.0 Å². The molecule has 7 aromatic carbocycles. The van der Waals surface area contributed by atoms with E-state index in [2.05, 4.69) is 48.5 Å². The first-order valence-corrected chi connectivity index (χ1v) is 37.2. The van der Waals surface area contributed by atoms with Crippen LogP contribution in [0.3, 0.4) is 0 Å². The van der Waals surface area contributed by atoms with Crippen molar-refractivity contribution < 1.29 is 35.0 Å². The molecule has 8 nitrogen and oxygen atoms in total. The molecule has 0 aliphatic heterocycles. The smallest absolute Gasteiger partial charge is 0.152 e. The van der Waals surface area contributed by atoms with Gasteiger partial charge in [-0.05, 0) is 164 Å². The minimum Gasteiger partial charge on any atom is -0.306 e. The highest BCUT2D eigenvalue weighted by atomic mass is 32.2. The largest absolute Gasteiger partial charge is 0.306 e. The van der Waals surface area contributed by atoms with Gasteiger partial charge in [0, 0.05) is 23.0 Å². The predicted molar refractivity (Wildman–Crippen MR) is 349 cm³/mol. The first-order valence-electron chi connectivity index (χ1n) is 32.1. The second-order valence-electron chi connectivity index (χ2n) is 23.9. The summed E-state index contributed by atoms with van der Waals surface area (Å²) in [6.07, 6.45) is 46.1.